The maximum Gasteiger partial charge on any atom is 0.326 e. The number of anilines is 1. The molecule has 0 atom stereocenters. The molecule has 8 nitrogen and oxygen atoms in total. The van der Waals surface area contributed by atoms with Crippen LogP contribution in [-0.2, 0) is 15.0 Å². The first kappa shape index (κ1) is 15.8. The summed E-state index contributed by atoms with van der Waals surface area (Å²) in [5, 5.41) is 16.2. The molecule has 25 heavy (non-hydrogen) atoms. The van der Waals surface area contributed by atoms with Crippen molar-refractivity contribution in [1.29, 1.82) is 0 Å². The standard InChI is InChI=1S/C14H12F2N4O4S/c15-10-7(13-11(16)12(17-18-13)6-1-2-6)3-4-8(21)14(10)20-5-9(22)19-25(20,23)24/h3-4,6,21H,1-2,5H2,(H,17,18)(H,19,22). The van der Waals surface area contributed by atoms with E-state index in [2.05, 4.69) is 10.2 Å². The van der Waals surface area contributed by atoms with Gasteiger partial charge in [-0.1, -0.05) is 0 Å². The van der Waals surface area contributed by atoms with Crippen LogP contribution < -0.4 is 9.03 Å². The van der Waals surface area contributed by atoms with Crippen LogP contribution in [0.1, 0.15) is 24.5 Å². The number of hydrogen-bond acceptors (Lipinski definition) is 5. The number of phenols is 1. The molecule has 4 rings (SSSR count). The molecule has 0 bridgehead atoms. The average molecular weight is 370 g/mol. The number of nitrogens with one attached hydrogen (secondary N) is 2. The Balaban J connectivity index is 1.86. The summed E-state index contributed by atoms with van der Waals surface area (Å²) in [6, 6.07) is 2.12. The van der Waals surface area contributed by atoms with Gasteiger partial charge in [0.15, 0.2) is 11.6 Å². The lowest BCUT2D eigenvalue weighted by atomic mass is 10.1. The molecule has 1 amide bonds. The first-order valence-corrected chi connectivity index (χ1v) is 8.82. The highest BCUT2D eigenvalue weighted by molar-refractivity contribution is 7.92. The zero-order valence-electron chi connectivity index (χ0n) is 12.6. The second-order valence-electron chi connectivity index (χ2n) is 5.91. The first-order chi connectivity index (χ1) is 11.8. The zero-order chi connectivity index (χ0) is 17.9. The number of rotatable bonds is 3. The summed E-state index contributed by atoms with van der Waals surface area (Å²) in [5.41, 5.74) is -1.08. The van der Waals surface area contributed by atoms with Crippen molar-refractivity contribution in [3.8, 4) is 17.0 Å². The smallest absolute Gasteiger partial charge is 0.326 e. The highest BCUT2D eigenvalue weighted by Gasteiger charge is 2.39. The van der Waals surface area contributed by atoms with Crippen molar-refractivity contribution in [2.75, 3.05) is 10.8 Å². The Kier molecular flexibility index (Phi) is 3.26. The minimum absolute atomic E-state index is 0.0154. The molecule has 0 radical (unpaired) electrons. The molecular formula is C14H12F2N4O4S. The fraction of sp³-hybridized carbons (Fsp3) is 0.286. The quantitative estimate of drug-likeness (QED) is 0.749. The minimum Gasteiger partial charge on any atom is -0.506 e. The Labute approximate surface area is 140 Å². The van der Waals surface area contributed by atoms with Gasteiger partial charge in [-0.05, 0) is 25.0 Å². The lowest BCUT2D eigenvalue weighted by Gasteiger charge is -2.18. The number of halogens is 2. The predicted molar refractivity (Wildman–Crippen MR) is 82.0 cm³/mol. The van der Waals surface area contributed by atoms with Crippen LogP contribution in [0.4, 0.5) is 14.5 Å². The summed E-state index contributed by atoms with van der Waals surface area (Å²) >= 11 is 0. The predicted octanol–water partition coefficient (Wildman–Crippen LogP) is 1.12. The summed E-state index contributed by atoms with van der Waals surface area (Å²) in [7, 11) is -4.33. The maximum absolute atomic E-state index is 14.9. The number of H-pyrrole nitrogens is 1. The van der Waals surface area contributed by atoms with Gasteiger partial charge in [0, 0.05) is 11.5 Å². The van der Waals surface area contributed by atoms with Gasteiger partial charge in [0.2, 0.25) is 0 Å². The number of aromatic hydroxyl groups is 1. The summed E-state index contributed by atoms with van der Waals surface area (Å²) < 4.78 is 55.3. The second kappa shape index (κ2) is 5.15. The number of carbonyl (C=O) groups is 1. The number of hydrogen-bond donors (Lipinski definition) is 3. The van der Waals surface area contributed by atoms with E-state index in [9.17, 15) is 27.1 Å². The number of benzene rings is 1. The number of nitrogens with zero attached hydrogens (tertiary/aromatic N) is 2. The number of phenolic OH excluding ortho intramolecular Hbond substituents is 1. The molecule has 3 N–H and O–H groups in total. The van der Waals surface area contributed by atoms with E-state index in [0.717, 1.165) is 25.0 Å². The fourth-order valence-corrected chi connectivity index (χ4v) is 3.95. The van der Waals surface area contributed by atoms with Gasteiger partial charge in [0.25, 0.3) is 5.91 Å². The van der Waals surface area contributed by atoms with Gasteiger partial charge in [0.1, 0.15) is 23.7 Å². The Hall–Kier alpha value is -2.69. The fourth-order valence-electron chi connectivity index (χ4n) is 2.78. The van der Waals surface area contributed by atoms with Gasteiger partial charge in [-0.3, -0.25) is 9.89 Å². The molecule has 2 aliphatic rings. The summed E-state index contributed by atoms with van der Waals surface area (Å²) in [5.74, 6) is -3.45. The molecule has 1 aromatic carbocycles. The molecule has 2 fully saturated rings. The Morgan fingerprint density at radius 2 is 1.96 bits per heavy atom. The van der Waals surface area contributed by atoms with Crippen LogP contribution in [0.25, 0.3) is 11.3 Å². The molecule has 0 unspecified atom stereocenters. The lowest BCUT2D eigenvalue weighted by molar-refractivity contribution is -0.117. The molecule has 11 heteroatoms. The van der Waals surface area contributed by atoms with Crippen LogP contribution in [0.5, 0.6) is 5.75 Å². The van der Waals surface area contributed by atoms with Crippen molar-refractivity contribution >= 4 is 21.8 Å². The molecule has 0 spiro atoms. The van der Waals surface area contributed by atoms with E-state index in [1.807, 2.05) is 0 Å². The molecule has 2 aromatic rings. The Morgan fingerprint density at radius 3 is 2.56 bits per heavy atom. The largest absolute Gasteiger partial charge is 0.506 e. The molecule has 1 aromatic heterocycles. The summed E-state index contributed by atoms with van der Waals surface area (Å²) in [6.07, 6.45) is 1.61. The SMILES string of the molecule is O=C1CN(c2c(O)ccc(-c3n[nH]c(C4CC4)c3F)c2F)S(=O)(=O)N1. The molecule has 1 aliphatic carbocycles. The third-order valence-corrected chi connectivity index (χ3v) is 5.52. The normalized spacial score (nSPS) is 19.3. The number of amides is 1. The third-order valence-electron chi connectivity index (χ3n) is 4.14. The van der Waals surface area contributed by atoms with Gasteiger partial charge >= 0.3 is 10.2 Å². The monoisotopic (exact) mass is 370 g/mol. The van der Waals surface area contributed by atoms with Crippen molar-refractivity contribution in [3.63, 3.8) is 0 Å². The lowest BCUT2D eigenvalue weighted by Crippen LogP contribution is -2.30. The van der Waals surface area contributed by atoms with Crippen molar-refractivity contribution in [3.05, 3.63) is 29.5 Å². The van der Waals surface area contributed by atoms with E-state index in [1.54, 1.807) is 4.72 Å². The van der Waals surface area contributed by atoms with Crippen molar-refractivity contribution < 1.29 is 27.1 Å². The van der Waals surface area contributed by atoms with Gasteiger partial charge in [-0.15, -0.1) is 0 Å². The van der Waals surface area contributed by atoms with Gasteiger partial charge in [0.05, 0.1) is 5.69 Å². The minimum atomic E-state index is -4.33. The third kappa shape index (κ3) is 2.42. The molecule has 1 saturated heterocycles. The highest BCUT2D eigenvalue weighted by atomic mass is 32.2. The van der Waals surface area contributed by atoms with E-state index in [4.69, 9.17) is 0 Å². The highest BCUT2D eigenvalue weighted by Crippen LogP contribution is 2.43. The van der Waals surface area contributed by atoms with Crippen LogP contribution >= 0.6 is 0 Å². The number of aromatic nitrogens is 2. The Morgan fingerprint density at radius 1 is 1.24 bits per heavy atom. The van der Waals surface area contributed by atoms with Crippen LogP contribution in [0.3, 0.4) is 0 Å². The van der Waals surface area contributed by atoms with Gasteiger partial charge < -0.3 is 5.11 Å². The molecule has 1 aliphatic heterocycles. The van der Waals surface area contributed by atoms with E-state index >= 15 is 0 Å². The zero-order valence-corrected chi connectivity index (χ0v) is 13.4. The van der Waals surface area contributed by atoms with Crippen molar-refractivity contribution in [2.45, 2.75) is 18.8 Å². The van der Waals surface area contributed by atoms with E-state index < -0.39 is 45.7 Å². The van der Waals surface area contributed by atoms with Crippen LogP contribution in [0.15, 0.2) is 12.1 Å². The van der Waals surface area contributed by atoms with Crippen molar-refractivity contribution in [2.24, 2.45) is 0 Å². The van der Waals surface area contributed by atoms with E-state index in [1.165, 1.54) is 0 Å². The van der Waals surface area contributed by atoms with Crippen molar-refractivity contribution in [1.82, 2.24) is 14.9 Å². The number of carbonyl (C=O) groups excluding carboxylic acids is 1. The molecule has 2 heterocycles. The van der Waals surface area contributed by atoms with Gasteiger partial charge in [-0.2, -0.15) is 13.5 Å². The van der Waals surface area contributed by atoms with Gasteiger partial charge in [-0.25, -0.2) is 17.8 Å². The van der Waals surface area contributed by atoms with Crippen LogP contribution in [0.2, 0.25) is 0 Å². The number of aromatic amines is 1. The maximum atomic E-state index is 14.9. The second-order valence-corrected chi connectivity index (χ2v) is 7.50. The topological polar surface area (TPSA) is 115 Å². The Bertz CT molecular complexity index is 1000. The van der Waals surface area contributed by atoms with Crippen LogP contribution in [-0.4, -0.2) is 36.2 Å². The molecule has 1 saturated carbocycles. The molecular weight excluding hydrogens is 358 g/mol. The first-order valence-electron chi connectivity index (χ1n) is 7.38. The summed E-state index contributed by atoms with van der Waals surface area (Å²) in [4.78, 5) is 11.3. The van der Waals surface area contributed by atoms with E-state index in [0.29, 0.717) is 4.31 Å². The molecule has 132 valence electrons. The van der Waals surface area contributed by atoms with Crippen LogP contribution in [0, 0.1) is 11.6 Å². The summed E-state index contributed by atoms with van der Waals surface area (Å²) in [6.45, 7) is -0.688. The average Bonchev–Trinajstić information content (AvgIpc) is 3.24. The van der Waals surface area contributed by atoms with E-state index in [-0.39, 0.29) is 22.9 Å².